The molecule has 0 unspecified atom stereocenters. The van der Waals surface area contributed by atoms with Crippen LogP contribution in [0.15, 0.2) is 18.2 Å². The Morgan fingerprint density at radius 1 is 1.13 bits per heavy atom. The van der Waals surface area contributed by atoms with Gasteiger partial charge in [0.15, 0.2) is 6.29 Å². The molecule has 126 valence electrons. The molecule has 1 aliphatic rings. The van der Waals surface area contributed by atoms with Crippen molar-refractivity contribution < 1.29 is 13.9 Å². The average molecular weight is 319 g/mol. The molecule has 1 aliphatic heterocycles. The lowest BCUT2D eigenvalue weighted by Gasteiger charge is -2.29. The Labute approximate surface area is 138 Å². The fourth-order valence-electron chi connectivity index (χ4n) is 2.89. The Morgan fingerprint density at radius 2 is 1.83 bits per heavy atom. The summed E-state index contributed by atoms with van der Waals surface area (Å²) in [6, 6.07) is 6.32. The Balaban J connectivity index is 1.71. The highest BCUT2D eigenvalue weighted by Crippen LogP contribution is 2.29. The maximum atomic E-state index is 14.0. The van der Waals surface area contributed by atoms with Crippen LogP contribution < -0.4 is 0 Å². The molecule has 0 atom stereocenters. The summed E-state index contributed by atoms with van der Waals surface area (Å²) < 4.78 is 25.3. The largest absolute Gasteiger partial charge is 0.348 e. The molecule has 3 nitrogen and oxygen atoms in total. The van der Waals surface area contributed by atoms with E-state index in [1.54, 1.807) is 12.1 Å². The number of nitriles is 1. The Hall–Kier alpha value is -1.44. The van der Waals surface area contributed by atoms with Crippen molar-refractivity contribution in [2.45, 2.75) is 58.2 Å². The van der Waals surface area contributed by atoms with Crippen molar-refractivity contribution in [3.05, 3.63) is 35.1 Å². The van der Waals surface area contributed by atoms with Gasteiger partial charge in [-0.05, 0) is 24.6 Å². The number of ether oxygens (including phenoxy) is 2. The first-order valence-corrected chi connectivity index (χ1v) is 8.67. The first-order chi connectivity index (χ1) is 11.2. The summed E-state index contributed by atoms with van der Waals surface area (Å²) in [6.07, 6.45) is 8.17. The molecule has 0 bridgehead atoms. The maximum absolute atomic E-state index is 14.0. The predicted molar refractivity (Wildman–Crippen MR) is 87.2 cm³/mol. The van der Waals surface area contributed by atoms with Gasteiger partial charge < -0.3 is 9.47 Å². The molecule has 0 spiro atoms. The fourth-order valence-corrected chi connectivity index (χ4v) is 2.89. The van der Waals surface area contributed by atoms with Gasteiger partial charge in [0.2, 0.25) is 0 Å². The van der Waals surface area contributed by atoms with Crippen molar-refractivity contribution in [1.29, 1.82) is 5.26 Å². The fraction of sp³-hybridized carbons (Fsp3) is 0.632. The summed E-state index contributed by atoms with van der Waals surface area (Å²) in [5, 5.41) is 8.77. The molecular formula is C19H26FNO2. The zero-order valence-corrected chi connectivity index (χ0v) is 13.9. The van der Waals surface area contributed by atoms with Crippen LogP contribution in [0.5, 0.6) is 0 Å². The second-order valence-electron chi connectivity index (χ2n) is 6.27. The number of benzene rings is 1. The average Bonchev–Trinajstić information content (AvgIpc) is 2.58. The third-order valence-corrected chi connectivity index (χ3v) is 4.32. The van der Waals surface area contributed by atoms with E-state index in [9.17, 15) is 4.39 Å². The van der Waals surface area contributed by atoms with Gasteiger partial charge in [-0.25, -0.2) is 4.39 Å². The molecule has 1 heterocycles. The number of halogens is 1. The molecule has 0 aromatic heterocycles. The smallest absolute Gasteiger partial charge is 0.186 e. The molecule has 4 heteroatoms. The zero-order valence-electron chi connectivity index (χ0n) is 13.9. The Bertz CT molecular complexity index is 519. The third kappa shape index (κ3) is 5.60. The SMILES string of the molecule is CCCCCCCCC1COC(c2ccc(C#N)cc2F)OC1. The van der Waals surface area contributed by atoms with Crippen LogP contribution in [0, 0.1) is 23.1 Å². The van der Waals surface area contributed by atoms with Gasteiger partial charge in [0.05, 0.1) is 24.8 Å². The third-order valence-electron chi connectivity index (χ3n) is 4.32. The molecule has 2 rings (SSSR count). The van der Waals surface area contributed by atoms with Crippen molar-refractivity contribution in [3.8, 4) is 6.07 Å². The minimum Gasteiger partial charge on any atom is -0.348 e. The van der Waals surface area contributed by atoms with Crippen LogP contribution in [-0.2, 0) is 9.47 Å². The van der Waals surface area contributed by atoms with Crippen molar-refractivity contribution >= 4 is 0 Å². The molecule has 1 aromatic rings. The molecule has 0 N–H and O–H groups in total. The summed E-state index contributed by atoms with van der Waals surface area (Å²) >= 11 is 0. The summed E-state index contributed by atoms with van der Waals surface area (Å²) in [7, 11) is 0. The van der Waals surface area contributed by atoms with Crippen molar-refractivity contribution in [3.63, 3.8) is 0 Å². The van der Waals surface area contributed by atoms with Gasteiger partial charge in [-0.1, -0.05) is 45.4 Å². The molecule has 1 aromatic carbocycles. The quantitative estimate of drug-likeness (QED) is 0.625. The van der Waals surface area contributed by atoms with Crippen LogP contribution in [0.3, 0.4) is 0 Å². The summed E-state index contributed by atoms with van der Waals surface area (Å²) in [5.74, 6) is -0.0395. The van der Waals surface area contributed by atoms with Crippen molar-refractivity contribution in [2.75, 3.05) is 13.2 Å². The molecule has 1 fully saturated rings. The van der Waals surface area contributed by atoms with E-state index < -0.39 is 12.1 Å². The molecular weight excluding hydrogens is 293 g/mol. The molecule has 0 saturated carbocycles. The van der Waals surface area contributed by atoms with Crippen molar-refractivity contribution in [1.82, 2.24) is 0 Å². The highest BCUT2D eigenvalue weighted by atomic mass is 19.1. The lowest BCUT2D eigenvalue weighted by molar-refractivity contribution is -0.207. The van der Waals surface area contributed by atoms with Gasteiger partial charge in [-0.2, -0.15) is 5.26 Å². The van der Waals surface area contributed by atoms with E-state index in [0.717, 1.165) is 6.42 Å². The summed E-state index contributed by atoms with van der Waals surface area (Å²) in [5.41, 5.74) is 0.685. The molecule has 1 saturated heterocycles. The van der Waals surface area contributed by atoms with Gasteiger partial charge >= 0.3 is 0 Å². The first kappa shape index (κ1) is 17.9. The molecule has 0 radical (unpaired) electrons. The van der Waals surface area contributed by atoms with Gasteiger partial charge in [-0.15, -0.1) is 0 Å². The van der Waals surface area contributed by atoms with E-state index in [0.29, 0.717) is 30.3 Å². The van der Waals surface area contributed by atoms with Crippen LogP contribution in [-0.4, -0.2) is 13.2 Å². The number of hydrogen-bond acceptors (Lipinski definition) is 3. The van der Waals surface area contributed by atoms with Gasteiger partial charge in [0.25, 0.3) is 0 Å². The highest BCUT2D eigenvalue weighted by molar-refractivity contribution is 5.33. The van der Waals surface area contributed by atoms with Crippen LogP contribution in [0.4, 0.5) is 4.39 Å². The zero-order chi connectivity index (χ0) is 16.5. The van der Waals surface area contributed by atoms with E-state index in [4.69, 9.17) is 14.7 Å². The second-order valence-corrected chi connectivity index (χ2v) is 6.27. The predicted octanol–water partition coefficient (Wildman–Crippen LogP) is 5.11. The van der Waals surface area contributed by atoms with Crippen LogP contribution in [0.25, 0.3) is 0 Å². The van der Waals surface area contributed by atoms with E-state index in [-0.39, 0.29) is 0 Å². The van der Waals surface area contributed by atoms with E-state index in [1.165, 1.54) is 44.6 Å². The standard InChI is InChI=1S/C19H26FNO2/c1-2-3-4-5-6-7-8-16-13-22-19(23-14-16)17-10-9-15(12-21)11-18(17)20/h9-11,16,19H,2-8,13-14H2,1H3. The number of hydrogen-bond donors (Lipinski definition) is 0. The van der Waals surface area contributed by atoms with E-state index in [2.05, 4.69) is 6.92 Å². The first-order valence-electron chi connectivity index (χ1n) is 8.67. The molecule has 0 aliphatic carbocycles. The van der Waals surface area contributed by atoms with Gasteiger partial charge in [0.1, 0.15) is 5.82 Å². The van der Waals surface area contributed by atoms with Gasteiger partial charge in [0, 0.05) is 11.5 Å². The van der Waals surface area contributed by atoms with Crippen LogP contribution in [0.2, 0.25) is 0 Å². The molecule has 23 heavy (non-hydrogen) atoms. The lowest BCUT2D eigenvalue weighted by atomic mass is 10.0. The highest BCUT2D eigenvalue weighted by Gasteiger charge is 2.25. The topological polar surface area (TPSA) is 42.2 Å². The minimum absolute atomic E-state index is 0.308. The normalized spacial score (nSPS) is 21.1. The van der Waals surface area contributed by atoms with Gasteiger partial charge in [-0.3, -0.25) is 0 Å². The second kappa shape index (κ2) is 9.64. The van der Waals surface area contributed by atoms with E-state index in [1.807, 2.05) is 6.07 Å². The van der Waals surface area contributed by atoms with Crippen LogP contribution in [0.1, 0.15) is 69.3 Å². The maximum Gasteiger partial charge on any atom is 0.186 e. The molecule has 0 amide bonds. The van der Waals surface area contributed by atoms with Crippen molar-refractivity contribution in [2.24, 2.45) is 5.92 Å². The number of unbranched alkanes of at least 4 members (excludes halogenated alkanes) is 5. The number of nitrogens with zero attached hydrogens (tertiary/aromatic N) is 1. The Morgan fingerprint density at radius 3 is 2.48 bits per heavy atom. The Kier molecular flexibility index (Phi) is 7.51. The minimum atomic E-state index is -0.649. The van der Waals surface area contributed by atoms with Crippen LogP contribution >= 0.6 is 0 Å². The lowest BCUT2D eigenvalue weighted by Crippen LogP contribution is -2.27. The number of rotatable bonds is 8. The summed E-state index contributed by atoms with van der Waals surface area (Å²) in [6.45, 7) is 3.45. The monoisotopic (exact) mass is 319 g/mol. The van der Waals surface area contributed by atoms with E-state index >= 15 is 0 Å². The summed E-state index contributed by atoms with van der Waals surface area (Å²) in [4.78, 5) is 0.